The molecule has 5 fully saturated rings. The molecule has 0 radical (unpaired) electrons. The topological polar surface area (TPSA) is 77.8 Å². The van der Waals surface area contributed by atoms with Gasteiger partial charge in [-0.2, -0.15) is 0 Å². The summed E-state index contributed by atoms with van der Waals surface area (Å²) in [5, 5.41) is 30.9. The molecule has 0 saturated heterocycles. The average molecular weight is 405 g/mol. The zero-order valence-electron chi connectivity index (χ0n) is 18.4. The molecule has 3 unspecified atom stereocenters. The fourth-order valence-electron chi connectivity index (χ4n) is 9.48. The van der Waals surface area contributed by atoms with Gasteiger partial charge >= 0.3 is 5.97 Å². The fraction of sp³-hybridized carbons (Fsp3) is 0.960. The number of carboxylic acid groups (broad SMARTS) is 1. The average Bonchev–Trinajstić information content (AvgIpc) is 3.39. The van der Waals surface area contributed by atoms with Gasteiger partial charge in [-0.3, -0.25) is 4.79 Å². The number of aliphatic hydroxyl groups excluding tert-OH is 2. The Bertz CT molecular complexity index is 678. The molecule has 5 aliphatic rings. The van der Waals surface area contributed by atoms with Gasteiger partial charge in [0, 0.05) is 0 Å². The van der Waals surface area contributed by atoms with Crippen molar-refractivity contribution in [3.05, 3.63) is 0 Å². The lowest BCUT2D eigenvalue weighted by Crippen LogP contribution is -2.58. The summed E-state index contributed by atoms with van der Waals surface area (Å²) in [4.78, 5) is 11.4. The molecule has 0 aromatic heterocycles. The zero-order chi connectivity index (χ0) is 20.7. The highest BCUT2D eigenvalue weighted by atomic mass is 16.4. The summed E-state index contributed by atoms with van der Waals surface area (Å²) in [5.41, 5.74) is 0.531. The molecule has 0 spiro atoms. The van der Waals surface area contributed by atoms with Crippen LogP contribution in [0.2, 0.25) is 0 Å². The maximum Gasteiger partial charge on any atom is 0.306 e. The summed E-state index contributed by atoms with van der Waals surface area (Å²) in [6, 6.07) is 0. The van der Waals surface area contributed by atoms with Crippen LogP contribution < -0.4 is 0 Å². The molecule has 0 heterocycles. The van der Waals surface area contributed by atoms with Crippen LogP contribution in [-0.4, -0.2) is 33.5 Å². The molecule has 0 aromatic rings. The fourth-order valence-corrected chi connectivity index (χ4v) is 9.48. The van der Waals surface area contributed by atoms with Gasteiger partial charge < -0.3 is 15.3 Å². The third-order valence-electron chi connectivity index (χ3n) is 11.2. The highest BCUT2D eigenvalue weighted by molar-refractivity contribution is 5.73. The van der Waals surface area contributed by atoms with E-state index in [1.807, 2.05) is 0 Å². The third-order valence-corrected chi connectivity index (χ3v) is 11.2. The van der Waals surface area contributed by atoms with Crippen molar-refractivity contribution < 1.29 is 20.1 Å². The van der Waals surface area contributed by atoms with Crippen LogP contribution in [0.4, 0.5) is 0 Å². The van der Waals surface area contributed by atoms with Crippen molar-refractivity contribution in [3.8, 4) is 0 Å². The first-order chi connectivity index (χ1) is 13.7. The Kier molecular flexibility index (Phi) is 4.68. The highest BCUT2D eigenvalue weighted by Crippen LogP contribution is 2.69. The predicted octanol–water partition coefficient (Wildman–Crippen LogP) is 4.33. The van der Waals surface area contributed by atoms with E-state index in [1.165, 1.54) is 25.7 Å². The van der Waals surface area contributed by atoms with Crippen LogP contribution in [0.15, 0.2) is 0 Å². The Morgan fingerprint density at radius 3 is 2.31 bits per heavy atom. The second-order valence-corrected chi connectivity index (χ2v) is 12.2. The number of carbonyl (C=O) groups is 1. The summed E-state index contributed by atoms with van der Waals surface area (Å²) in [7, 11) is 0. The molecule has 0 aliphatic heterocycles. The van der Waals surface area contributed by atoms with E-state index in [1.54, 1.807) is 0 Å². The first-order valence-electron chi connectivity index (χ1n) is 12.3. The first-order valence-corrected chi connectivity index (χ1v) is 12.3. The van der Waals surface area contributed by atoms with Crippen molar-refractivity contribution >= 4 is 5.97 Å². The van der Waals surface area contributed by atoms with Crippen LogP contribution in [0.5, 0.6) is 0 Å². The molecule has 4 nitrogen and oxygen atoms in total. The van der Waals surface area contributed by atoms with Gasteiger partial charge in [0.15, 0.2) is 0 Å². The minimum absolute atomic E-state index is 0.113. The van der Waals surface area contributed by atoms with Crippen LogP contribution in [0.25, 0.3) is 0 Å². The van der Waals surface area contributed by atoms with E-state index < -0.39 is 5.97 Å². The summed E-state index contributed by atoms with van der Waals surface area (Å²) >= 11 is 0. The van der Waals surface area contributed by atoms with Gasteiger partial charge in [0.25, 0.3) is 0 Å². The number of rotatable bonds is 3. The van der Waals surface area contributed by atoms with Gasteiger partial charge in [-0.1, -0.05) is 20.8 Å². The van der Waals surface area contributed by atoms with Crippen molar-refractivity contribution in [1.29, 1.82) is 0 Å². The second kappa shape index (κ2) is 6.69. The van der Waals surface area contributed by atoms with Gasteiger partial charge in [0.05, 0.1) is 18.1 Å². The van der Waals surface area contributed by atoms with Gasteiger partial charge in [-0.15, -0.1) is 0 Å². The number of hydrogen-bond acceptors (Lipinski definition) is 3. The lowest BCUT2D eigenvalue weighted by Gasteiger charge is -2.62. The lowest BCUT2D eigenvalue weighted by molar-refractivity contribution is -0.174. The first kappa shape index (κ1) is 20.3. The van der Waals surface area contributed by atoms with E-state index in [0.717, 1.165) is 32.1 Å². The monoisotopic (exact) mass is 404 g/mol. The number of hydrogen-bond donors (Lipinski definition) is 3. The standard InChI is InChI=1S/C25H40O4/c1-13(16-12-17(16)23(28)29)18-4-5-19-22-20(7-9-25(18,19)3)24(2)8-6-15(26)10-14(24)11-21(22)27/h13-22,26-27H,4-12H2,1-3H3,(H,28,29)/t13-,14+,15-,16+,17+,18-,19?,20?,21-,22?,24+,25-/m1/s1. The number of aliphatic carboxylic acids is 1. The molecular formula is C25H40O4. The lowest BCUT2D eigenvalue weighted by atomic mass is 9.43. The van der Waals surface area contributed by atoms with Crippen molar-refractivity contribution in [2.45, 2.75) is 90.8 Å². The number of fused-ring (bicyclic) bond motifs is 5. The SMILES string of the molecule is C[C@H]([C@@H]1C[C@@H]1C(=O)O)[C@H]1CCC2C3C(CC[C@@]21C)[C@@]1(C)CC[C@@H](O)C[C@H]1C[C@H]3O. The smallest absolute Gasteiger partial charge is 0.306 e. The quantitative estimate of drug-likeness (QED) is 0.654. The largest absolute Gasteiger partial charge is 0.481 e. The van der Waals surface area contributed by atoms with Crippen LogP contribution >= 0.6 is 0 Å². The Morgan fingerprint density at radius 1 is 0.931 bits per heavy atom. The van der Waals surface area contributed by atoms with Gasteiger partial charge in [-0.05, 0) is 110 Å². The molecule has 164 valence electrons. The van der Waals surface area contributed by atoms with E-state index in [9.17, 15) is 20.1 Å². The van der Waals surface area contributed by atoms with E-state index in [4.69, 9.17) is 0 Å². The maximum absolute atomic E-state index is 11.4. The van der Waals surface area contributed by atoms with Gasteiger partial charge in [0.1, 0.15) is 0 Å². The molecule has 5 aliphatic carbocycles. The van der Waals surface area contributed by atoms with Crippen molar-refractivity contribution in [3.63, 3.8) is 0 Å². The van der Waals surface area contributed by atoms with Gasteiger partial charge in [-0.25, -0.2) is 0 Å². The van der Waals surface area contributed by atoms with E-state index >= 15 is 0 Å². The van der Waals surface area contributed by atoms with E-state index in [2.05, 4.69) is 20.8 Å². The molecular weight excluding hydrogens is 364 g/mol. The van der Waals surface area contributed by atoms with Crippen LogP contribution in [-0.2, 0) is 4.79 Å². The predicted molar refractivity (Wildman–Crippen MR) is 111 cm³/mol. The van der Waals surface area contributed by atoms with E-state index in [-0.39, 0.29) is 29.0 Å². The highest BCUT2D eigenvalue weighted by Gasteiger charge is 2.64. The summed E-state index contributed by atoms with van der Waals surface area (Å²) in [6.45, 7) is 7.26. The third kappa shape index (κ3) is 2.87. The van der Waals surface area contributed by atoms with Gasteiger partial charge in [0.2, 0.25) is 0 Å². The Balaban J connectivity index is 1.39. The van der Waals surface area contributed by atoms with Crippen molar-refractivity contribution in [2.75, 3.05) is 0 Å². The maximum atomic E-state index is 11.4. The zero-order valence-corrected chi connectivity index (χ0v) is 18.4. The minimum atomic E-state index is -0.605. The summed E-state index contributed by atoms with van der Waals surface area (Å²) < 4.78 is 0. The Labute approximate surface area is 175 Å². The van der Waals surface area contributed by atoms with Crippen molar-refractivity contribution in [2.24, 2.45) is 58.2 Å². The molecule has 0 bridgehead atoms. The molecule has 5 rings (SSSR count). The summed E-state index contributed by atoms with van der Waals surface area (Å²) in [5.74, 6) is 2.76. The number of aliphatic hydroxyl groups is 2. The van der Waals surface area contributed by atoms with Crippen LogP contribution in [0.3, 0.4) is 0 Å². The Morgan fingerprint density at radius 2 is 1.62 bits per heavy atom. The second-order valence-electron chi connectivity index (χ2n) is 12.2. The minimum Gasteiger partial charge on any atom is -0.481 e. The van der Waals surface area contributed by atoms with Crippen molar-refractivity contribution in [1.82, 2.24) is 0 Å². The Hall–Kier alpha value is -0.610. The molecule has 4 heteroatoms. The molecule has 0 amide bonds. The molecule has 5 saturated carbocycles. The molecule has 29 heavy (non-hydrogen) atoms. The molecule has 0 aromatic carbocycles. The molecule has 3 N–H and O–H groups in total. The van der Waals surface area contributed by atoms with Crippen LogP contribution in [0.1, 0.15) is 78.6 Å². The molecule has 12 atom stereocenters. The van der Waals surface area contributed by atoms with Crippen LogP contribution in [0, 0.1) is 58.2 Å². The normalized spacial score (nSPS) is 57.3. The van der Waals surface area contributed by atoms with E-state index in [0.29, 0.717) is 41.4 Å². The number of carboxylic acids is 1. The summed E-state index contributed by atoms with van der Waals surface area (Å²) in [6.07, 6.45) is 9.08.